The van der Waals surface area contributed by atoms with E-state index in [0.717, 1.165) is 6.07 Å². The molecule has 178 valence electrons. The summed E-state index contributed by atoms with van der Waals surface area (Å²) in [5.74, 6) is -2.15. The summed E-state index contributed by atoms with van der Waals surface area (Å²) in [6, 6.07) is 9.97. The number of rotatable bonds is 1. The van der Waals surface area contributed by atoms with Gasteiger partial charge in [-0.15, -0.1) is 0 Å². The van der Waals surface area contributed by atoms with Gasteiger partial charge in [0.2, 0.25) is 0 Å². The fourth-order valence-electron chi connectivity index (χ4n) is 5.98. The zero-order chi connectivity index (χ0) is 25.0. The SMILES string of the molecule is CC(O)C1(O)C2Nc3c(cc(O)c4c3C(=O)c3ccccc3C4=O)C1(O)C(O)c1cccc(O)c12. The van der Waals surface area contributed by atoms with Crippen LogP contribution in [0.25, 0.3) is 0 Å². The minimum absolute atomic E-state index is 0.0236. The summed E-state index contributed by atoms with van der Waals surface area (Å²) < 4.78 is 0. The molecule has 35 heavy (non-hydrogen) atoms. The van der Waals surface area contributed by atoms with Crippen molar-refractivity contribution in [2.75, 3.05) is 5.32 Å². The van der Waals surface area contributed by atoms with E-state index in [1.807, 2.05) is 0 Å². The minimum atomic E-state index is -2.64. The van der Waals surface area contributed by atoms with Gasteiger partial charge in [0.05, 0.1) is 29.0 Å². The maximum atomic E-state index is 13.6. The largest absolute Gasteiger partial charge is 0.508 e. The fourth-order valence-corrected chi connectivity index (χ4v) is 5.98. The van der Waals surface area contributed by atoms with E-state index in [1.165, 1.54) is 37.3 Å². The summed E-state index contributed by atoms with van der Waals surface area (Å²) in [7, 11) is 0. The van der Waals surface area contributed by atoms with E-state index in [-0.39, 0.29) is 50.4 Å². The standard InChI is InChI=1S/C26H21NO8/c1-10(28)25(34)23-17-13(7-4-8-15(17)29)24(33)26(25,35)14-9-16(30)18-19(20(14)27-23)22(32)12-6-3-2-5-11(12)21(18)31/h2-10,23-24,27-30,33-35H,1H3. The molecule has 3 aliphatic rings. The quantitative estimate of drug-likeness (QED) is 0.201. The van der Waals surface area contributed by atoms with Crippen molar-refractivity contribution in [3.05, 3.63) is 87.5 Å². The number of hydrogen-bond donors (Lipinski definition) is 7. The zero-order valence-electron chi connectivity index (χ0n) is 18.4. The number of aliphatic hydroxyl groups excluding tert-OH is 2. The van der Waals surface area contributed by atoms with Crippen LogP contribution in [0.2, 0.25) is 0 Å². The first-order valence-corrected chi connectivity index (χ1v) is 11.0. The van der Waals surface area contributed by atoms with E-state index < -0.39 is 46.8 Å². The van der Waals surface area contributed by atoms with Gasteiger partial charge in [0.1, 0.15) is 17.6 Å². The van der Waals surface area contributed by atoms with Crippen molar-refractivity contribution in [1.82, 2.24) is 0 Å². The van der Waals surface area contributed by atoms with Crippen molar-refractivity contribution in [2.24, 2.45) is 0 Å². The van der Waals surface area contributed by atoms with Gasteiger partial charge in [-0.1, -0.05) is 36.4 Å². The number of hydrogen-bond acceptors (Lipinski definition) is 9. The van der Waals surface area contributed by atoms with E-state index >= 15 is 0 Å². The average Bonchev–Trinajstić information content (AvgIpc) is 2.83. The van der Waals surface area contributed by atoms with Crippen molar-refractivity contribution < 1.29 is 40.2 Å². The third-order valence-corrected chi connectivity index (χ3v) is 7.66. The highest BCUT2D eigenvalue weighted by atomic mass is 16.4. The van der Waals surface area contributed by atoms with Gasteiger partial charge in [-0.3, -0.25) is 9.59 Å². The molecule has 2 bridgehead atoms. The first-order valence-electron chi connectivity index (χ1n) is 11.0. The Morgan fingerprint density at radius 2 is 1.54 bits per heavy atom. The predicted molar refractivity (Wildman–Crippen MR) is 121 cm³/mol. The van der Waals surface area contributed by atoms with Crippen molar-refractivity contribution in [1.29, 1.82) is 0 Å². The Kier molecular flexibility index (Phi) is 4.15. The molecule has 6 rings (SSSR count). The fraction of sp³-hybridized carbons (Fsp3) is 0.231. The first-order chi connectivity index (χ1) is 16.5. The highest BCUT2D eigenvalue weighted by Gasteiger charge is 2.69. The Bertz CT molecular complexity index is 1480. The molecule has 0 spiro atoms. The van der Waals surface area contributed by atoms with Gasteiger partial charge in [-0.2, -0.15) is 0 Å². The Balaban J connectivity index is 1.73. The molecule has 1 heterocycles. The number of carbonyl (C=O) groups excluding carboxylic acids is 2. The van der Waals surface area contributed by atoms with Crippen molar-refractivity contribution >= 4 is 17.3 Å². The van der Waals surface area contributed by atoms with Gasteiger partial charge in [0.15, 0.2) is 22.8 Å². The summed E-state index contributed by atoms with van der Waals surface area (Å²) >= 11 is 0. The average molecular weight is 475 g/mol. The maximum Gasteiger partial charge on any atom is 0.198 e. The number of benzene rings is 3. The van der Waals surface area contributed by atoms with Crippen LogP contribution in [-0.2, 0) is 5.60 Å². The highest BCUT2D eigenvalue weighted by molar-refractivity contribution is 6.31. The number of carbonyl (C=O) groups is 2. The molecule has 3 aromatic carbocycles. The van der Waals surface area contributed by atoms with Crippen LogP contribution < -0.4 is 5.32 Å². The molecule has 3 aromatic rings. The molecule has 0 aromatic heterocycles. The second-order valence-electron chi connectivity index (χ2n) is 9.30. The van der Waals surface area contributed by atoms with Crippen LogP contribution >= 0.6 is 0 Å². The van der Waals surface area contributed by atoms with Crippen LogP contribution in [-0.4, -0.2) is 53.9 Å². The predicted octanol–water partition coefficient (Wildman–Crippen LogP) is 1.39. The molecule has 2 aliphatic carbocycles. The van der Waals surface area contributed by atoms with Gasteiger partial charge < -0.3 is 36.0 Å². The van der Waals surface area contributed by atoms with Crippen LogP contribution in [0, 0.1) is 0 Å². The van der Waals surface area contributed by atoms with E-state index in [9.17, 15) is 40.2 Å². The second kappa shape index (κ2) is 6.67. The molecule has 7 N–H and O–H groups in total. The lowest BCUT2D eigenvalue weighted by molar-refractivity contribution is -0.263. The third kappa shape index (κ3) is 2.31. The molecule has 5 unspecified atom stereocenters. The summed E-state index contributed by atoms with van der Waals surface area (Å²) in [4.78, 5) is 26.8. The molecule has 0 saturated heterocycles. The minimum Gasteiger partial charge on any atom is -0.508 e. The smallest absolute Gasteiger partial charge is 0.198 e. The maximum absolute atomic E-state index is 13.6. The van der Waals surface area contributed by atoms with Crippen molar-refractivity contribution in [3.8, 4) is 11.5 Å². The summed E-state index contributed by atoms with van der Waals surface area (Å²) in [5.41, 5.74) is -5.70. The van der Waals surface area contributed by atoms with Crippen LogP contribution in [0.15, 0.2) is 48.5 Å². The number of aliphatic hydroxyl groups is 4. The lowest BCUT2D eigenvalue weighted by Crippen LogP contribution is -2.70. The van der Waals surface area contributed by atoms with Crippen LogP contribution in [0.5, 0.6) is 11.5 Å². The number of fused-ring (bicyclic) bond motifs is 9. The number of nitrogens with one attached hydrogen (secondary N) is 1. The summed E-state index contributed by atoms with van der Waals surface area (Å²) in [5, 5.41) is 70.4. The highest BCUT2D eigenvalue weighted by Crippen LogP contribution is 2.63. The molecule has 0 radical (unpaired) electrons. The third-order valence-electron chi connectivity index (χ3n) is 7.66. The number of ketones is 2. The topological polar surface area (TPSA) is 168 Å². The molecule has 9 heteroatoms. The van der Waals surface area contributed by atoms with Crippen LogP contribution in [0.1, 0.15) is 67.6 Å². The number of anilines is 1. The molecule has 0 saturated carbocycles. The van der Waals surface area contributed by atoms with Gasteiger partial charge in [-0.25, -0.2) is 0 Å². The van der Waals surface area contributed by atoms with Crippen molar-refractivity contribution in [2.45, 2.75) is 36.4 Å². The van der Waals surface area contributed by atoms with E-state index in [0.29, 0.717) is 0 Å². The lowest BCUT2D eigenvalue weighted by Gasteiger charge is -2.59. The monoisotopic (exact) mass is 475 g/mol. The molecule has 5 atom stereocenters. The molecule has 1 aliphatic heterocycles. The summed E-state index contributed by atoms with van der Waals surface area (Å²) in [6.07, 6.45) is -3.53. The number of phenolic OH excluding ortho intramolecular Hbond substituents is 2. The summed E-state index contributed by atoms with van der Waals surface area (Å²) in [6.45, 7) is 1.21. The van der Waals surface area contributed by atoms with E-state index in [2.05, 4.69) is 5.32 Å². The number of phenols is 2. The number of aromatic hydroxyl groups is 2. The van der Waals surface area contributed by atoms with Gasteiger partial charge in [0.25, 0.3) is 0 Å². The molecular formula is C26H21NO8. The van der Waals surface area contributed by atoms with Crippen LogP contribution in [0.3, 0.4) is 0 Å². The second-order valence-corrected chi connectivity index (χ2v) is 9.30. The molecule has 0 fully saturated rings. The Hall–Kier alpha value is -3.76. The zero-order valence-corrected chi connectivity index (χ0v) is 18.4. The van der Waals surface area contributed by atoms with E-state index in [1.54, 1.807) is 12.1 Å². The Morgan fingerprint density at radius 3 is 2.17 bits per heavy atom. The van der Waals surface area contributed by atoms with Gasteiger partial charge >= 0.3 is 0 Å². The lowest BCUT2D eigenvalue weighted by atomic mass is 9.57. The van der Waals surface area contributed by atoms with Crippen molar-refractivity contribution in [3.63, 3.8) is 0 Å². The van der Waals surface area contributed by atoms with Crippen LogP contribution in [0.4, 0.5) is 5.69 Å². The van der Waals surface area contributed by atoms with Gasteiger partial charge in [0, 0.05) is 22.3 Å². The molecule has 0 amide bonds. The Morgan fingerprint density at radius 1 is 0.914 bits per heavy atom. The first kappa shape index (κ1) is 21.8. The van der Waals surface area contributed by atoms with Gasteiger partial charge in [-0.05, 0) is 24.6 Å². The normalized spacial score (nSPS) is 28.8. The molecule has 9 nitrogen and oxygen atoms in total. The Labute approximate surface area is 198 Å². The molecular weight excluding hydrogens is 454 g/mol. The van der Waals surface area contributed by atoms with E-state index in [4.69, 9.17) is 0 Å².